The average molecular weight is 601 g/mol. The van der Waals surface area contributed by atoms with E-state index in [0.717, 1.165) is 82.9 Å². The van der Waals surface area contributed by atoms with Crippen molar-refractivity contribution in [1.82, 2.24) is 14.9 Å². The summed E-state index contributed by atoms with van der Waals surface area (Å²) in [7, 11) is 4.32. The van der Waals surface area contributed by atoms with Gasteiger partial charge in [0.05, 0.1) is 30.8 Å². The first-order valence-electron chi connectivity index (χ1n) is 16.7. The van der Waals surface area contributed by atoms with Crippen molar-refractivity contribution in [3.05, 3.63) is 76.8 Å². The Morgan fingerprint density at radius 1 is 1.02 bits per heavy atom. The number of fused-ring (bicyclic) bond motifs is 2. The van der Waals surface area contributed by atoms with E-state index < -0.39 is 0 Å². The van der Waals surface area contributed by atoms with Crippen molar-refractivity contribution in [3.8, 4) is 6.01 Å². The number of piperidine rings is 1. The second-order valence-electron chi connectivity index (χ2n) is 12.8. The van der Waals surface area contributed by atoms with Crippen molar-refractivity contribution < 1.29 is 4.74 Å². The first kappa shape index (κ1) is 29.8. The lowest BCUT2D eigenvalue weighted by Gasteiger charge is -2.36. The molecule has 4 aliphatic heterocycles. The van der Waals surface area contributed by atoms with Crippen LogP contribution in [0.4, 0.5) is 11.5 Å². The van der Waals surface area contributed by atoms with Crippen LogP contribution in [0.2, 0.25) is 0 Å². The van der Waals surface area contributed by atoms with Crippen LogP contribution in [0, 0.1) is 6.92 Å². The zero-order chi connectivity index (χ0) is 30.6. The van der Waals surface area contributed by atoms with E-state index in [-0.39, 0.29) is 6.04 Å². The van der Waals surface area contributed by atoms with Gasteiger partial charge in [-0.3, -0.25) is 0 Å². The molecule has 0 bridgehead atoms. The van der Waals surface area contributed by atoms with Crippen molar-refractivity contribution >= 4 is 35.6 Å². The molecule has 5 heterocycles. The number of likely N-dealkylation sites (N-methyl/N-ethyl adjacent to an activating group) is 1. The molecule has 0 amide bonds. The first-order chi connectivity index (χ1) is 22.1. The van der Waals surface area contributed by atoms with Gasteiger partial charge in [0.25, 0.3) is 0 Å². The number of hydrogen-bond donors (Lipinski definition) is 0. The predicted molar refractivity (Wildman–Crippen MR) is 184 cm³/mol. The molecule has 4 aliphatic rings. The molecule has 7 rings (SSSR count). The van der Waals surface area contributed by atoms with Crippen LogP contribution >= 0.6 is 0 Å². The second kappa shape index (κ2) is 13.6. The third kappa shape index (κ3) is 6.70. The van der Waals surface area contributed by atoms with Crippen LogP contribution in [0.5, 0.6) is 6.01 Å². The van der Waals surface area contributed by atoms with Crippen LogP contribution < -0.4 is 14.5 Å². The van der Waals surface area contributed by atoms with Crippen LogP contribution in [0.25, 0.3) is 10.8 Å². The van der Waals surface area contributed by atoms with E-state index in [0.29, 0.717) is 18.7 Å². The Bertz CT molecular complexity index is 1650. The summed E-state index contributed by atoms with van der Waals surface area (Å²) in [5, 5.41) is 2.61. The van der Waals surface area contributed by atoms with Gasteiger partial charge in [-0.15, -0.1) is 11.4 Å². The highest BCUT2D eigenvalue weighted by Gasteiger charge is 2.29. The van der Waals surface area contributed by atoms with Crippen molar-refractivity contribution in [2.75, 3.05) is 56.2 Å². The third-order valence-corrected chi connectivity index (χ3v) is 9.85. The fraction of sp³-hybridized carbons (Fsp3) is 0.472. The van der Waals surface area contributed by atoms with Crippen molar-refractivity contribution in [2.24, 2.45) is 9.98 Å². The van der Waals surface area contributed by atoms with Gasteiger partial charge in [-0.05, 0) is 76.1 Å². The van der Waals surface area contributed by atoms with Gasteiger partial charge >= 0.3 is 6.01 Å². The van der Waals surface area contributed by atoms with E-state index in [1.54, 1.807) is 0 Å². The quantitative estimate of drug-likeness (QED) is 0.235. The number of ether oxygens (including phenoxy) is 1. The van der Waals surface area contributed by atoms with Gasteiger partial charge < -0.3 is 19.4 Å². The van der Waals surface area contributed by atoms with Crippen LogP contribution in [-0.4, -0.2) is 86.6 Å². The molecule has 2 aromatic carbocycles. The maximum atomic E-state index is 6.36. The molecule has 45 heavy (non-hydrogen) atoms. The highest BCUT2D eigenvalue weighted by Crippen LogP contribution is 2.36. The minimum atomic E-state index is 0.250. The number of nitrogens with zero attached hydrogens (tertiary/aromatic N) is 7. The molecule has 0 unspecified atom stereocenters. The molecule has 0 spiro atoms. The Kier molecular flexibility index (Phi) is 8.99. The molecule has 2 fully saturated rings. The zero-order valence-electron chi connectivity index (χ0n) is 26.7. The number of aryl methyl sites for hydroxylation is 1. The molecule has 1 aromatic heterocycles. The molecular weight excluding hydrogens is 557 g/mol. The Morgan fingerprint density at radius 3 is 2.69 bits per heavy atom. The van der Waals surface area contributed by atoms with E-state index in [4.69, 9.17) is 14.7 Å². The van der Waals surface area contributed by atoms with Gasteiger partial charge in [0.15, 0.2) is 7.28 Å². The molecule has 1 radical (unpaired) electrons. The number of allylic oxidation sites excluding steroid dienone is 2. The van der Waals surface area contributed by atoms with Gasteiger partial charge in [-0.25, -0.2) is 9.98 Å². The summed E-state index contributed by atoms with van der Waals surface area (Å²) in [6.07, 6.45) is 10.4. The van der Waals surface area contributed by atoms with Crippen molar-refractivity contribution in [1.29, 1.82) is 0 Å². The smallest absolute Gasteiger partial charge is 0.318 e. The van der Waals surface area contributed by atoms with Crippen LogP contribution in [-0.2, 0) is 13.0 Å². The lowest BCUT2D eigenvalue weighted by molar-refractivity contribution is 0.187. The number of rotatable bonds is 9. The van der Waals surface area contributed by atoms with E-state index in [9.17, 15) is 0 Å². The maximum absolute atomic E-state index is 6.36. The number of likely N-dealkylation sites (tertiary alicyclic amines) is 1. The van der Waals surface area contributed by atoms with Gasteiger partial charge in [0.1, 0.15) is 12.4 Å². The third-order valence-electron chi connectivity index (χ3n) is 9.85. The standard InChI is InChI=1S/C36H43BN7O/c1-26-7-3-8-27-9-4-12-33(34(26)27)44-22-16-31-32(23-44)40-36(45-24-30-11-6-19-42(30)2)41-35(31)43-20-14-29(15-21-43)39-25-38-18-13-28-10-5-17-37-28/h3-5,7-10,12,17,29-30H,6,11,13-16,18-24H2,1-2H3/t30-/m0/s1. The van der Waals surface area contributed by atoms with E-state index >= 15 is 0 Å². The monoisotopic (exact) mass is 600 g/mol. The van der Waals surface area contributed by atoms with Crippen molar-refractivity contribution in [3.63, 3.8) is 0 Å². The number of benzene rings is 2. The molecule has 2 saturated heterocycles. The molecule has 3 aromatic rings. The molecule has 0 aliphatic carbocycles. The number of aromatic nitrogens is 2. The first-order valence-corrected chi connectivity index (χ1v) is 16.7. The van der Waals surface area contributed by atoms with Gasteiger partial charge in [-0.2, -0.15) is 9.97 Å². The van der Waals surface area contributed by atoms with E-state index in [1.165, 1.54) is 39.5 Å². The lowest BCUT2D eigenvalue weighted by Crippen LogP contribution is -2.39. The lowest BCUT2D eigenvalue weighted by atomic mass is 9.72. The second-order valence-corrected chi connectivity index (χ2v) is 12.8. The average Bonchev–Trinajstić information content (AvgIpc) is 3.75. The molecule has 231 valence electrons. The van der Waals surface area contributed by atoms with Gasteiger partial charge in [0, 0.05) is 42.3 Å². The molecule has 1 atom stereocenters. The Morgan fingerprint density at radius 2 is 1.89 bits per heavy atom. The fourth-order valence-corrected chi connectivity index (χ4v) is 7.19. The SMILES string of the molecule is Cc1cccc2cccc(N3CCc4c(nc(OC[C@@H]5CCCN5C)nc4N4CCC(N=C=NCCC5=CC=C[B]5)CC4)C3)c12. The van der Waals surface area contributed by atoms with E-state index in [1.807, 2.05) is 0 Å². The maximum Gasteiger partial charge on any atom is 0.318 e. The number of aliphatic imine (C=N–C) groups is 2. The number of hydrogen-bond acceptors (Lipinski definition) is 8. The summed E-state index contributed by atoms with van der Waals surface area (Å²) in [5.41, 5.74) is 6.26. The van der Waals surface area contributed by atoms with Gasteiger partial charge in [0.2, 0.25) is 0 Å². The summed E-state index contributed by atoms with van der Waals surface area (Å²) in [6, 6.07) is 17.4. The predicted octanol–water partition coefficient (Wildman–Crippen LogP) is 5.62. The molecule has 0 N–H and O–H groups in total. The normalized spacial score (nSPS) is 20.1. The highest BCUT2D eigenvalue weighted by molar-refractivity contribution is 6.52. The largest absolute Gasteiger partial charge is 0.462 e. The van der Waals surface area contributed by atoms with Crippen molar-refractivity contribution in [2.45, 2.75) is 64.1 Å². The summed E-state index contributed by atoms with van der Waals surface area (Å²) in [6.45, 7) is 8.19. The van der Waals surface area contributed by atoms with Crippen LogP contribution in [0.1, 0.15) is 48.9 Å². The Hall–Kier alpha value is -3.94. The molecule has 0 saturated carbocycles. The Labute approximate surface area is 267 Å². The summed E-state index contributed by atoms with van der Waals surface area (Å²) in [4.78, 5) is 26.6. The van der Waals surface area contributed by atoms with Crippen LogP contribution in [0.3, 0.4) is 0 Å². The molecule has 9 heteroatoms. The van der Waals surface area contributed by atoms with Crippen LogP contribution in [0.15, 0.2) is 70.0 Å². The minimum absolute atomic E-state index is 0.250. The zero-order valence-corrected chi connectivity index (χ0v) is 26.7. The van der Waals surface area contributed by atoms with E-state index in [2.05, 4.69) is 106 Å². The summed E-state index contributed by atoms with van der Waals surface area (Å²) >= 11 is 0. The molecular formula is C36H43BN7O. The fourth-order valence-electron chi connectivity index (χ4n) is 7.19. The highest BCUT2D eigenvalue weighted by atomic mass is 16.5. The molecule has 8 nitrogen and oxygen atoms in total. The Balaban J connectivity index is 1.09. The summed E-state index contributed by atoms with van der Waals surface area (Å²) in [5.74, 6) is 3.12. The topological polar surface area (TPSA) is 69.5 Å². The summed E-state index contributed by atoms with van der Waals surface area (Å²) < 4.78 is 6.36. The van der Waals surface area contributed by atoms with Gasteiger partial charge in [-0.1, -0.05) is 42.5 Å². The number of anilines is 2. The minimum Gasteiger partial charge on any atom is -0.462 e.